The molecule has 0 aliphatic heterocycles. The Morgan fingerprint density at radius 2 is 2.05 bits per heavy atom. The molecule has 0 N–H and O–H groups in total. The number of allylic oxidation sites excluding steroid dienone is 2. The minimum atomic E-state index is -0.425. The molecule has 2 nitrogen and oxygen atoms in total. The lowest BCUT2D eigenvalue weighted by atomic mass is 9.73. The highest BCUT2D eigenvalue weighted by Crippen LogP contribution is 2.45. The van der Waals surface area contributed by atoms with Crippen LogP contribution in [0.3, 0.4) is 0 Å². The van der Waals surface area contributed by atoms with Gasteiger partial charge in [0.05, 0.1) is 5.41 Å². The molecule has 2 rings (SSSR count). The van der Waals surface area contributed by atoms with Crippen LogP contribution in [0.2, 0.25) is 0 Å². The van der Waals surface area contributed by atoms with Crippen LogP contribution in [0.25, 0.3) is 0 Å². The fourth-order valence-corrected chi connectivity index (χ4v) is 3.40. The minimum absolute atomic E-state index is 0.247. The van der Waals surface area contributed by atoms with Crippen LogP contribution >= 0.6 is 0 Å². The zero-order valence-electron chi connectivity index (χ0n) is 13.8. The predicted molar refractivity (Wildman–Crippen MR) is 89.2 cm³/mol. The Balaban J connectivity index is 2.62. The molecule has 1 aliphatic carbocycles. The third kappa shape index (κ3) is 2.59. The summed E-state index contributed by atoms with van der Waals surface area (Å²) in [4.78, 5) is 17.2. The molecule has 0 amide bonds. The van der Waals surface area contributed by atoms with Crippen LogP contribution in [-0.2, 0) is 10.2 Å². The number of Topliss-reactive ketones (excluding diaryl/α,β-unsaturated/α-hetero) is 1. The van der Waals surface area contributed by atoms with Crippen LogP contribution in [0.15, 0.2) is 34.8 Å². The van der Waals surface area contributed by atoms with Gasteiger partial charge in [0.15, 0.2) is 0 Å². The van der Waals surface area contributed by atoms with Gasteiger partial charge >= 0.3 is 0 Å². The van der Waals surface area contributed by atoms with Crippen molar-refractivity contribution in [3.05, 3.63) is 46.5 Å². The molecule has 0 spiro atoms. The Bertz CT molecular complexity index is 624. The van der Waals surface area contributed by atoms with Gasteiger partial charge in [-0.05, 0) is 63.3 Å². The average Bonchev–Trinajstić information content (AvgIpc) is 2.82. The molecule has 1 atom stereocenters. The summed E-state index contributed by atoms with van der Waals surface area (Å²) in [6, 6.07) is 6.29. The summed E-state index contributed by atoms with van der Waals surface area (Å²) >= 11 is 0. The van der Waals surface area contributed by atoms with Gasteiger partial charge in [-0.1, -0.05) is 24.3 Å². The van der Waals surface area contributed by atoms with Crippen molar-refractivity contribution in [2.45, 2.75) is 52.9 Å². The first kappa shape index (κ1) is 15.7. The number of hydrogen-bond acceptors (Lipinski definition) is 2. The monoisotopic (exact) mass is 283 g/mol. The van der Waals surface area contributed by atoms with Crippen molar-refractivity contribution in [2.75, 3.05) is 6.54 Å². The third-order valence-electron chi connectivity index (χ3n) is 4.82. The minimum Gasteiger partial charge on any atom is -0.299 e. The Kier molecular flexibility index (Phi) is 4.46. The molecule has 0 unspecified atom stereocenters. The number of ketones is 1. The summed E-state index contributed by atoms with van der Waals surface area (Å²) in [7, 11) is 0. The van der Waals surface area contributed by atoms with Gasteiger partial charge in [0.2, 0.25) is 0 Å². The van der Waals surface area contributed by atoms with E-state index in [2.05, 4.69) is 43.1 Å². The number of aryl methyl sites for hydroxylation is 1. The van der Waals surface area contributed by atoms with Crippen molar-refractivity contribution in [1.82, 2.24) is 0 Å². The number of carbonyl (C=O) groups is 1. The Morgan fingerprint density at radius 3 is 2.62 bits per heavy atom. The third-order valence-corrected chi connectivity index (χ3v) is 4.82. The second-order valence-electron chi connectivity index (χ2n) is 5.97. The van der Waals surface area contributed by atoms with Crippen molar-refractivity contribution in [3.8, 4) is 0 Å². The summed E-state index contributed by atoms with van der Waals surface area (Å²) in [6.07, 6.45) is 3.63. The molecule has 0 aromatic heterocycles. The van der Waals surface area contributed by atoms with Crippen molar-refractivity contribution in [1.29, 1.82) is 0 Å². The first-order valence-electron chi connectivity index (χ1n) is 7.73. The summed E-state index contributed by atoms with van der Waals surface area (Å²) in [6.45, 7) is 10.8. The smallest absolute Gasteiger partial charge is 0.141 e. The molecule has 0 radical (unpaired) electrons. The summed E-state index contributed by atoms with van der Waals surface area (Å²) < 4.78 is 0. The second kappa shape index (κ2) is 5.97. The van der Waals surface area contributed by atoms with Crippen LogP contribution in [0, 0.1) is 13.8 Å². The van der Waals surface area contributed by atoms with E-state index in [1.807, 2.05) is 13.8 Å². The van der Waals surface area contributed by atoms with Crippen LogP contribution in [-0.4, -0.2) is 18.0 Å². The molecule has 1 aromatic rings. The molecule has 1 fully saturated rings. The predicted octanol–water partition coefficient (Wildman–Crippen LogP) is 4.33. The van der Waals surface area contributed by atoms with Crippen molar-refractivity contribution in [3.63, 3.8) is 0 Å². The SMILES string of the molecule is C/C=C1/C[C@@](C(C)=O)(c2cccc(C)c2C)CC1=NCC. The molecule has 1 aliphatic rings. The molecule has 0 saturated heterocycles. The number of benzene rings is 1. The zero-order valence-corrected chi connectivity index (χ0v) is 13.8. The van der Waals surface area contributed by atoms with Crippen molar-refractivity contribution in [2.24, 2.45) is 4.99 Å². The molecule has 2 heteroatoms. The molecule has 21 heavy (non-hydrogen) atoms. The first-order chi connectivity index (χ1) is 9.96. The Hall–Kier alpha value is -1.70. The number of rotatable bonds is 3. The lowest BCUT2D eigenvalue weighted by Gasteiger charge is -2.28. The first-order valence-corrected chi connectivity index (χ1v) is 7.73. The van der Waals surface area contributed by atoms with Crippen LogP contribution < -0.4 is 0 Å². The highest BCUT2D eigenvalue weighted by molar-refractivity contribution is 6.09. The van der Waals surface area contributed by atoms with Gasteiger partial charge in [-0.15, -0.1) is 0 Å². The molecular weight excluding hydrogens is 258 g/mol. The second-order valence-corrected chi connectivity index (χ2v) is 5.97. The standard InChI is InChI=1S/C19H25NO/c1-6-16-11-19(15(5)21,12-18(16)20-7-2)17-10-8-9-13(3)14(17)4/h6,8-10H,7,11-12H2,1-5H3/b16-6-,20-18?/t19-/m1/s1. The van der Waals surface area contributed by atoms with Gasteiger partial charge < -0.3 is 0 Å². The molecule has 0 bridgehead atoms. The van der Waals surface area contributed by atoms with Gasteiger partial charge in [-0.2, -0.15) is 0 Å². The number of carbonyl (C=O) groups excluding carboxylic acids is 1. The fourth-order valence-electron chi connectivity index (χ4n) is 3.40. The van der Waals surface area contributed by atoms with Gasteiger partial charge in [0, 0.05) is 18.7 Å². The lowest BCUT2D eigenvalue weighted by Crippen LogP contribution is -2.32. The number of hydrogen-bond donors (Lipinski definition) is 0. The molecule has 0 heterocycles. The topological polar surface area (TPSA) is 29.4 Å². The van der Waals surface area contributed by atoms with Gasteiger partial charge in [-0.3, -0.25) is 9.79 Å². The van der Waals surface area contributed by atoms with E-state index in [0.717, 1.165) is 25.1 Å². The quantitative estimate of drug-likeness (QED) is 0.811. The lowest BCUT2D eigenvalue weighted by molar-refractivity contribution is -0.122. The Labute approximate surface area is 128 Å². The molecule has 1 saturated carbocycles. The van der Waals surface area contributed by atoms with Crippen molar-refractivity contribution < 1.29 is 4.79 Å². The highest BCUT2D eigenvalue weighted by atomic mass is 16.1. The summed E-state index contributed by atoms with van der Waals surface area (Å²) in [5.41, 5.74) is 5.57. The molecule has 1 aromatic carbocycles. The largest absolute Gasteiger partial charge is 0.299 e. The van der Waals surface area contributed by atoms with Gasteiger partial charge in [0.1, 0.15) is 5.78 Å². The Morgan fingerprint density at radius 1 is 1.33 bits per heavy atom. The van der Waals surface area contributed by atoms with E-state index in [0.29, 0.717) is 0 Å². The van der Waals surface area contributed by atoms with E-state index < -0.39 is 5.41 Å². The van der Waals surface area contributed by atoms with E-state index >= 15 is 0 Å². The highest BCUT2D eigenvalue weighted by Gasteiger charge is 2.45. The average molecular weight is 283 g/mol. The van der Waals surface area contributed by atoms with E-state index in [-0.39, 0.29) is 5.78 Å². The van der Waals surface area contributed by atoms with Gasteiger partial charge in [0.25, 0.3) is 0 Å². The van der Waals surface area contributed by atoms with Crippen LogP contribution in [0.5, 0.6) is 0 Å². The number of aliphatic imine (C=N–C) groups is 1. The maximum absolute atomic E-state index is 12.6. The summed E-state index contributed by atoms with van der Waals surface area (Å²) in [5.74, 6) is 0.247. The maximum atomic E-state index is 12.6. The normalized spacial score (nSPS) is 25.8. The molecular formula is C19H25NO. The fraction of sp³-hybridized carbons (Fsp3) is 0.474. The zero-order chi connectivity index (χ0) is 15.6. The van der Waals surface area contributed by atoms with E-state index in [9.17, 15) is 4.79 Å². The summed E-state index contributed by atoms with van der Waals surface area (Å²) in [5, 5.41) is 0. The van der Waals surface area contributed by atoms with E-state index in [1.54, 1.807) is 6.92 Å². The van der Waals surface area contributed by atoms with E-state index in [4.69, 9.17) is 0 Å². The maximum Gasteiger partial charge on any atom is 0.141 e. The van der Waals surface area contributed by atoms with E-state index in [1.165, 1.54) is 22.3 Å². The van der Waals surface area contributed by atoms with Crippen LogP contribution in [0.1, 0.15) is 50.3 Å². The molecule has 112 valence electrons. The van der Waals surface area contributed by atoms with Crippen molar-refractivity contribution >= 4 is 11.5 Å². The van der Waals surface area contributed by atoms with Crippen LogP contribution in [0.4, 0.5) is 0 Å². The van der Waals surface area contributed by atoms with Gasteiger partial charge in [-0.25, -0.2) is 0 Å². The number of nitrogens with zero attached hydrogens (tertiary/aromatic N) is 1.